The van der Waals surface area contributed by atoms with Gasteiger partial charge < -0.3 is 19.5 Å². The number of imide groups is 1. The molecule has 3 amide bonds. The first-order valence-electron chi connectivity index (χ1n) is 10.0. The summed E-state index contributed by atoms with van der Waals surface area (Å²) in [6.07, 6.45) is 1.48. The maximum absolute atomic E-state index is 13.0. The summed E-state index contributed by atoms with van der Waals surface area (Å²) in [5.74, 6) is -1.71. The Balaban J connectivity index is 1.75. The number of benzene rings is 2. The Morgan fingerprint density at radius 2 is 1.89 bits per heavy atom. The molecule has 1 heterocycles. The van der Waals surface area contributed by atoms with Crippen LogP contribution in [0, 0.1) is 5.82 Å². The van der Waals surface area contributed by atoms with Crippen LogP contribution in [0.5, 0.6) is 11.5 Å². The van der Waals surface area contributed by atoms with Crippen LogP contribution in [0.25, 0.3) is 6.08 Å². The molecule has 2 aromatic carbocycles. The number of hydrogen-bond donors (Lipinski definition) is 1. The standard InChI is InChI=1S/C23H20BrFN2O7S/c1-12(22(30)33-3)27-21(29)18(35-23(27)31)10-13-8-16(24)20(17(9-13)32-2)34-11-19(28)26-15-6-4-14(25)5-7-15/h4-10,12H,11H2,1-3H3,(H,26,28)/b18-10+/t12-/m0/s1. The second kappa shape index (κ2) is 11.4. The van der Waals surface area contributed by atoms with Gasteiger partial charge in [-0.1, -0.05) is 0 Å². The number of halogens is 2. The highest BCUT2D eigenvalue weighted by Gasteiger charge is 2.41. The number of carbonyl (C=O) groups excluding carboxylic acids is 4. The largest absolute Gasteiger partial charge is 0.493 e. The van der Waals surface area contributed by atoms with Crippen LogP contribution < -0.4 is 14.8 Å². The van der Waals surface area contributed by atoms with Crippen LogP contribution in [0.2, 0.25) is 0 Å². The van der Waals surface area contributed by atoms with E-state index in [1.807, 2.05) is 0 Å². The SMILES string of the molecule is COC(=O)[C@H](C)N1C(=O)S/C(=C/c2cc(Br)c(OCC(=O)Nc3ccc(F)cc3)c(OC)c2)C1=O. The van der Waals surface area contributed by atoms with Crippen molar-refractivity contribution in [2.75, 3.05) is 26.1 Å². The summed E-state index contributed by atoms with van der Waals surface area (Å²) >= 11 is 4.06. The molecule has 2 aromatic rings. The number of ether oxygens (including phenoxy) is 3. The quantitative estimate of drug-likeness (QED) is 0.373. The van der Waals surface area contributed by atoms with E-state index in [1.54, 1.807) is 12.1 Å². The minimum atomic E-state index is -1.06. The molecule has 0 saturated carbocycles. The van der Waals surface area contributed by atoms with Crippen molar-refractivity contribution in [2.45, 2.75) is 13.0 Å². The topological polar surface area (TPSA) is 111 Å². The van der Waals surface area contributed by atoms with E-state index in [1.165, 1.54) is 51.5 Å². The van der Waals surface area contributed by atoms with Crippen LogP contribution in [0.1, 0.15) is 12.5 Å². The van der Waals surface area contributed by atoms with Crippen molar-refractivity contribution in [1.82, 2.24) is 4.90 Å². The third-order valence-corrected chi connectivity index (χ3v) is 6.25. The molecule has 0 aromatic heterocycles. The number of nitrogens with zero attached hydrogens (tertiary/aromatic N) is 1. The number of amides is 3. The van der Waals surface area contributed by atoms with Crippen molar-refractivity contribution in [3.63, 3.8) is 0 Å². The first-order valence-corrected chi connectivity index (χ1v) is 11.7. The van der Waals surface area contributed by atoms with Gasteiger partial charge in [0.2, 0.25) is 0 Å². The lowest BCUT2D eigenvalue weighted by Crippen LogP contribution is -2.42. The average Bonchev–Trinajstić information content (AvgIpc) is 3.10. The Hall–Kier alpha value is -3.38. The Bertz CT molecular complexity index is 1200. The molecular weight excluding hydrogens is 547 g/mol. The van der Waals surface area contributed by atoms with Crippen molar-refractivity contribution < 1.29 is 37.8 Å². The summed E-state index contributed by atoms with van der Waals surface area (Å²) in [5, 5.41) is 2.00. The van der Waals surface area contributed by atoms with E-state index in [4.69, 9.17) is 9.47 Å². The summed E-state index contributed by atoms with van der Waals surface area (Å²) in [6, 6.07) is 7.41. The maximum atomic E-state index is 13.0. The molecule has 1 atom stereocenters. The van der Waals surface area contributed by atoms with Gasteiger partial charge >= 0.3 is 5.97 Å². The van der Waals surface area contributed by atoms with Crippen LogP contribution in [-0.4, -0.2) is 54.8 Å². The molecule has 1 fully saturated rings. The average molecular weight is 567 g/mol. The van der Waals surface area contributed by atoms with Gasteiger partial charge in [-0.3, -0.25) is 19.3 Å². The minimum Gasteiger partial charge on any atom is -0.493 e. The van der Waals surface area contributed by atoms with E-state index in [0.29, 0.717) is 27.5 Å². The number of thioether (sulfide) groups is 1. The number of hydrogen-bond acceptors (Lipinski definition) is 8. The summed E-state index contributed by atoms with van der Waals surface area (Å²) < 4.78 is 29.0. The predicted octanol–water partition coefficient (Wildman–Crippen LogP) is 4.21. The molecule has 3 rings (SSSR count). The summed E-state index contributed by atoms with van der Waals surface area (Å²) in [5.41, 5.74) is 0.921. The molecule has 184 valence electrons. The van der Waals surface area contributed by atoms with Gasteiger partial charge in [-0.25, -0.2) is 9.18 Å². The highest BCUT2D eigenvalue weighted by molar-refractivity contribution is 9.10. The fourth-order valence-corrected chi connectivity index (χ4v) is 4.55. The molecule has 0 radical (unpaired) electrons. The van der Waals surface area contributed by atoms with E-state index in [2.05, 4.69) is 26.0 Å². The smallest absolute Gasteiger partial charge is 0.328 e. The van der Waals surface area contributed by atoms with Crippen LogP contribution in [0.15, 0.2) is 45.8 Å². The predicted molar refractivity (Wildman–Crippen MR) is 131 cm³/mol. The third kappa shape index (κ3) is 6.20. The Labute approximate surface area is 212 Å². The van der Waals surface area contributed by atoms with Gasteiger partial charge in [0, 0.05) is 5.69 Å². The van der Waals surface area contributed by atoms with Gasteiger partial charge in [0.25, 0.3) is 17.1 Å². The van der Waals surface area contributed by atoms with Gasteiger partial charge in [0.1, 0.15) is 11.9 Å². The molecule has 1 aliphatic heterocycles. The molecule has 0 bridgehead atoms. The maximum Gasteiger partial charge on any atom is 0.328 e. The van der Waals surface area contributed by atoms with Crippen molar-refractivity contribution in [3.8, 4) is 11.5 Å². The fraction of sp³-hybridized carbons (Fsp3) is 0.217. The second-order valence-corrected chi connectivity index (χ2v) is 8.98. The molecule has 9 nitrogen and oxygen atoms in total. The summed E-state index contributed by atoms with van der Waals surface area (Å²) in [7, 11) is 2.58. The fourth-order valence-electron chi connectivity index (χ4n) is 3.07. The first-order chi connectivity index (χ1) is 16.6. The lowest BCUT2D eigenvalue weighted by Gasteiger charge is -2.18. The Kier molecular flexibility index (Phi) is 8.52. The number of anilines is 1. The Morgan fingerprint density at radius 1 is 1.20 bits per heavy atom. The van der Waals surface area contributed by atoms with Crippen molar-refractivity contribution in [3.05, 3.63) is 57.2 Å². The van der Waals surface area contributed by atoms with Gasteiger partial charge in [-0.2, -0.15) is 0 Å². The lowest BCUT2D eigenvalue weighted by molar-refractivity contribution is -0.148. The van der Waals surface area contributed by atoms with E-state index in [0.717, 1.165) is 4.90 Å². The van der Waals surface area contributed by atoms with Crippen LogP contribution >= 0.6 is 27.7 Å². The number of methoxy groups -OCH3 is 2. The number of nitrogens with one attached hydrogen (secondary N) is 1. The molecule has 0 aliphatic carbocycles. The van der Waals surface area contributed by atoms with E-state index >= 15 is 0 Å². The normalized spacial score (nSPS) is 15.2. The molecule has 1 saturated heterocycles. The second-order valence-electron chi connectivity index (χ2n) is 7.13. The van der Waals surface area contributed by atoms with Gasteiger partial charge in [-0.05, 0) is 82.7 Å². The van der Waals surface area contributed by atoms with E-state index in [-0.39, 0.29) is 23.0 Å². The van der Waals surface area contributed by atoms with Crippen LogP contribution in [0.4, 0.5) is 14.9 Å². The summed E-state index contributed by atoms with van der Waals surface area (Å²) in [4.78, 5) is 49.9. The van der Waals surface area contributed by atoms with Crippen LogP contribution in [-0.2, 0) is 19.1 Å². The van der Waals surface area contributed by atoms with Crippen molar-refractivity contribution >= 4 is 62.5 Å². The monoisotopic (exact) mass is 566 g/mol. The first kappa shape index (κ1) is 26.2. The van der Waals surface area contributed by atoms with Crippen LogP contribution in [0.3, 0.4) is 0 Å². The summed E-state index contributed by atoms with van der Waals surface area (Å²) in [6.45, 7) is 1.05. The molecule has 0 unspecified atom stereocenters. The molecule has 1 N–H and O–H groups in total. The molecule has 0 spiro atoms. The minimum absolute atomic E-state index is 0.118. The zero-order valence-electron chi connectivity index (χ0n) is 18.8. The highest BCUT2D eigenvalue weighted by atomic mass is 79.9. The molecule has 12 heteroatoms. The molecule has 1 aliphatic rings. The van der Waals surface area contributed by atoms with Crippen molar-refractivity contribution in [1.29, 1.82) is 0 Å². The van der Waals surface area contributed by atoms with E-state index in [9.17, 15) is 23.6 Å². The van der Waals surface area contributed by atoms with E-state index < -0.39 is 34.9 Å². The lowest BCUT2D eigenvalue weighted by atomic mass is 10.1. The molecule has 35 heavy (non-hydrogen) atoms. The number of carbonyl (C=O) groups is 4. The highest BCUT2D eigenvalue weighted by Crippen LogP contribution is 2.39. The Morgan fingerprint density at radius 3 is 2.51 bits per heavy atom. The van der Waals surface area contributed by atoms with Crippen molar-refractivity contribution in [2.24, 2.45) is 0 Å². The van der Waals surface area contributed by atoms with Gasteiger partial charge in [0.05, 0.1) is 23.6 Å². The molecular formula is C23H20BrFN2O7S. The van der Waals surface area contributed by atoms with Gasteiger partial charge in [0.15, 0.2) is 18.1 Å². The van der Waals surface area contributed by atoms with Gasteiger partial charge in [-0.15, -0.1) is 0 Å². The zero-order chi connectivity index (χ0) is 25.7. The third-order valence-electron chi connectivity index (χ3n) is 4.78. The number of rotatable bonds is 8. The zero-order valence-corrected chi connectivity index (χ0v) is 21.2. The number of esters is 1.